The van der Waals surface area contributed by atoms with Crippen LogP contribution in [0.25, 0.3) is 0 Å². The van der Waals surface area contributed by atoms with Crippen molar-refractivity contribution in [2.75, 3.05) is 19.6 Å². The molecule has 31 heavy (non-hydrogen) atoms. The minimum atomic E-state index is -0.862. The number of ketones is 1. The van der Waals surface area contributed by atoms with Crippen LogP contribution in [-0.4, -0.2) is 63.7 Å². The quantitative estimate of drug-likeness (QED) is 0.566. The molecule has 1 aromatic carbocycles. The summed E-state index contributed by atoms with van der Waals surface area (Å²) in [5.41, 5.74) is -0.312. The summed E-state index contributed by atoms with van der Waals surface area (Å²) in [7, 11) is 0. The highest BCUT2D eigenvalue weighted by molar-refractivity contribution is 6.09. The van der Waals surface area contributed by atoms with Gasteiger partial charge in [0, 0.05) is 24.6 Å². The van der Waals surface area contributed by atoms with Gasteiger partial charge in [0.1, 0.15) is 17.8 Å². The average molecular weight is 428 g/mol. The third kappa shape index (κ3) is 3.91. The van der Waals surface area contributed by atoms with Crippen molar-refractivity contribution in [1.29, 1.82) is 0 Å². The Labute approximate surface area is 181 Å². The summed E-state index contributed by atoms with van der Waals surface area (Å²) in [6.45, 7) is 2.56. The van der Waals surface area contributed by atoms with Crippen LogP contribution in [0.2, 0.25) is 0 Å². The Hall–Kier alpha value is -2.90. The van der Waals surface area contributed by atoms with E-state index < -0.39 is 11.6 Å². The second kappa shape index (κ2) is 8.32. The molecule has 2 N–H and O–H groups in total. The van der Waals surface area contributed by atoms with Crippen molar-refractivity contribution in [3.05, 3.63) is 29.8 Å². The number of aromatic hydroxyl groups is 1. The summed E-state index contributed by atoms with van der Waals surface area (Å²) < 4.78 is 0. The summed E-state index contributed by atoms with van der Waals surface area (Å²) in [5.74, 6) is -0.553. The van der Waals surface area contributed by atoms with E-state index in [4.69, 9.17) is 0 Å². The number of phenols is 1. The smallest absolute Gasteiger partial charge is 0.325 e. The molecule has 1 saturated carbocycles. The van der Waals surface area contributed by atoms with E-state index in [0.717, 1.165) is 24.2 Å². The molecule has 4 rings (SSSR count). The fourth-order valence-electron chi connectivity index (χ4n) is 5.13. The number of hydrogen-bond donors (Lipinski definition) is 2. The van der Waals surface area contributed by atoms with Crippen molar-refractivity contribution in [2.45, 2.75) is 51.0 Å². The van der Waals surface area contributed by atoms with Crippen molar-refractivity contribution in [3.8, 4) is 5.75 Å². The molecule has 4 amide bonds. The summed E-state index contributed by atoms with van der Waals surface area (Å²) in [6, 6.07) is 5.71. The molecule has 0 unspecified atom stereocenters. The summed E-state index contributed by atoms with van der Waals surface area (Å²) >= 11 is 0. The van der Waals surface area contributed by atoms with Gasteiger partial charge in [-0.05, 0) is 55.9 Å². The minimum absolute atomic E-state index is 0.00873. The first-order valence-electron chi connectivity index (χ1n) is 11.1. The molecule has 8 nitrogen and oxygen atoms in total. The van der Waals surface area contributed by atoms with E-state index in [2.05, 4.69) is 5.32 Å². The monoisotopic (exact) mass is 427 g/mol. The molecule has 1 spiro atoms. The molecule has 3 aliphatic rings. The zero-order valence-corrected chi connectivity index (χ0v) is 17.8. The van der Waals surface area contributed by atoms with Crippen LogP contribution in [0.3, 0.4) is 0 Å². The third-order valence-corrected chi connectivity index (χ3v) is 7.17. The number of carbonyl (C=O) groups is 4. The van der Waals surface area contributed by atoms with Crippen molar-refractivity contribution < 1.29 is 24.3 Å². The maximum Gasteiger partial charge on any atom is 0.325 e. The second-order valence-electron chi connectivity index (χ2n) is 9.01. The highest BCUT2D eigenvalue weighted by Crippen LogP contribution is 2.38. The highest BCUT2D eigenvalue weighted by atomic mass is 16.3. The SMILES string of the molecule is C[C@@H]1CCCC[C@@]12NC(=O)N(CC(=O)N1CCC(C(=O)c3ccc(O)cc3)CC1)C2=O. The first kappa shape index (κ1) is 21.3. The van der Waals surface area contributed by atoms with E-state index in [0.29, 0.717) is 37.9 Å². The predicted molar refractivity (Wildman–Crippen MR) is 112 cm³/mol. The standard InChI is InChI=1S/C23H29N3O5/c1-15-4-2-3-11-23(15)21(30)26(22(31)24-23)14-19(28)25-12-9-17(10-13-25)20(29)16-5-7-18(27)8-6-16/h5-8,15,17,27H,2-4,9-14H2,1H3,(H,24,31)/t15-,23-/m1/s1. The van der Waals surface area contributed by atoms with Gasteiger partial charge in [-0.1, -0.05) is 19.8 Å². The van der Waals surface area contributed by atoms with Gasteiger partial charge in [-0.15, -0.1) is 0 Å². The number of piperidine rings is 1. The van der Waals surface area contributed by atoms with Gasteiger partial charge in [0.15, 0.2) is 5.78 Å². The fraction of sp³-hybridized carbons (Fsp3) is 0.565. The number of rotatable bonds is 4. The number of carbonyl (C=O) groups excluding carboxylic acids is 4. The third-order valence-electron chi connectivity index (χ3n) is 7.17. The van der Waals surface area contributed by atoms with Gasteiger partial charge in [0.2, 0.25) is 5.91 Å². The number of urea groups is 1. The number of benzene rings is 1. The molecule has 8 heteroatoms. The van der Waals surface area contributed by atoms with Crippen molar-refractivity contribution >= 4 is 23.6 Å². The molecular weight excluding hydrogens is 398 g/mol. The van der Waals surface area contributed by atoms with Crippen molar-refractivity contribution in [1.82, 2.24) is 15.1 Å². The molecule has 1 aromatic rings. The second-order valence-corrected chi connectivity index (χ2v) is 9.01. The van der Waals surface area contributed by atoms with Gasteiger partial charge in [0.05, 0.1) is 0 Å². The van der Waals surface area contributed by atoms with Crippen LogP contribution in [0.1, 0.15) is 55.8 Å². The molecule has 0 radical (unpaired) electrons. The number of imide groups is 1. The molecule has 166 valence electrons. The topological polar surface area (TPSA) is 107 Å². The maximum absolute atomic E-state index is 13.1. The number of phenolic OH excluding ortho intramolecular Hbond substituents is 1. The molecule has 3 fully saturated rings. The van der Waals surface area contributed by atoms with Crippen molar-refractivity contribution in [2.24, 2.45) is 11.8 Å². The number of Topliss-reactive ketones (excluding diaryl/α,β-unsaturated/α-hetero) is 1. The molecular formula is C23H29N3O5. The molecule has 2 saturated heterocycles. The van der Waals surface area contributed by atoms with Gasteiger partial charge < -0.3 is 15.3 Å². The van der Waals surface area contributed by atoms with Gasteiger partial charge in [-0.2, -0.15) is 0 Å². The lowest BCUT2D eigenvalue weighted by molar-refractivity contribution is -0.141. The number of likely N-dealkylation sites (tertiary alicyclic amines) is 1. The predicted octanol–water partition coefficient (Wildman–Crippen LogP) is 2.31. The van der Waals surface area contributed by atoms with Crippen LogP contribution in [0, 0.1) is 11.8 Å². The van der Waals surface area contributed by atoms with Crippen LogP contribution in [0.5, 0.6) is 5.75 Å². The molecule has 0 bridgehead atoms. The van der Waals surface area contributed by atoms with Gasteiger partial charge in [-0.25, -0.2) is 4.79 Å². The Bertz CT molecular complexity index is 891. The Morgan fingerprint density at radius 1 is 1.10 bits per heavy atom. The summed E-state index contributed by atoms with van der Waals surface area (Å²) in [4.78, 5) is 53.7. The van der Waals surface area contributed by atoms with Crippen LogP contribution in [0.15, 0.2) is 24.3 Å². The van der Waals surface area contributed by atoms with Crippen LogP contribution in [0.4, 0.5) is 4.79 Å². The number of hydrogen-bond acceptors (Lipinski definition) is 5. The molecule has 2 aliphatic heterocycles. The molecule has 1 aliphatic carbocycles. The normalized spacial score (nSPS) is 26.9. The van der Waals surface area contributed by atoms with Gasteiger partial charge in [0.25, 0.3) is 5.91 Å². The van der Waals surface area contributed by atoms with Crippen LogP contribution < -0.4 is 5.32 Å². The van der Waals surface area contributed by atoms with Crippen molar-refractivity contribution in [3.63, 3.8) is 0 Å². The fourth-order valence-corrected chi connectivity index (χ4v) is 5.13. The van der Waals surface area contributed by atoms with Crippen LogP contribution in [-0.2, 0) is 9.59 Å². The van der Waals surface area contributed by atoms with E-state index in [-0.39, 0.29) is 41.7 Å². The first-order chi connectivity index (χ1) is 14.8. The number of amides is 4. The Kier molecular flexibility index (Phi) is 5.73. The van der Waals surface area contributed by atoms with Gasteiger partial charge >= 0.3 is 6.03 Å². The van der Waals surface area contributed by atoms with E-state index in [1.54, 1.807) is 17.0 Å². The summed E-state index contributed by atoms with van der Waals surface area (Å²) in [5, 5.41) is 12.3. The first-order valence-corrected chi connectivity index (χ1v) is 11.1. The average Bonchev–Trinajstić information content (AvgIpc) is 3.01. The van der Waals surface area contributed by atoms with E-state index in [1.807, 2.05) is 6.92 Å². The zero-order valence-electron chi connectivity index (χ0n) is 17.8. The molecule has 2 atom stereocenters. The highest BCUT2D eigenvalue weighted by Gasteiger charge is 2.55. The lowest BCUT2D eigenvalue weighted by Gasteiger charge is -2.37. The largest absolute Gasteiger partial charge is 0.508 e. The van der Waals surface area contributed by atoms with Gasteiger partial charge in [-0.3, -0.25) is 19.3 Å². The Balaban J connectivity index is 1.34. The lowest BCUT2D eigenvalue weighted by atomic mass is 9.73. The summed E-state index contributed by atoms with van der Waals surface area (Å²) in [6.07, 6.45) is 4.51. The number of nitrogens with one attached hydrogen (secondary N) is 1. The van der Waals surface area contributed by atoms with E-state index in [1.165, 1.54) is 12.1 Å². The van der Waals surface area contributed by atoms with E-state index in [9.17, 15) is 24.3 Å². The maximum atomic E-state index is 13.1. The number of nitrogens with zero attached hydrogens (tertiary/aromatic N) is 2. The molecule has 0 aromatic heterocycles. The Morgan fingerprint density at radius 3 is 2.42 bits per heavy atom. The van der Waals surface area contributed by atoms with Crippen LogP contribution >= 0.6 is 0 Å². The Morgan fingerprint density at radius 2 is 1.77 bits per heavy atom. The van der Waals surface area contributed by atoms with E-state index >= 15 is 0 Å². The molecule has 2 heterocycles. The lowest BCUT2D eigenvalue weighted by Crippen LogP contribution is -2.54. The zero-order chi connectivity index (χ0) is 22.2. The minimum Gasteiger partial charge on any atom is -0.508 e.